The predicted octanol–water partition coefficient (Wildman–Crippen LogP) is 3.05. The van der Waals surface area contributed by atoms with Crippen LogP contribution in [-0.4, -0.2) is 35.9 Å². The molecule has 2 N–H and O–H groups in total. The third-order valence-corrected chi connectivity index (χ3v) is 4.04. The van der Waals surface area contributed by atoms with Crippen molar-refractivity contribution in [3.63, 3.8) is 0 Å². The Hall–Kier alpha value is -1.48. The van der Waals surface area contributed by atoms with Gasteiger partial charge in [0.1, 0.15) is 12.4 Å². The lowest BCUT2D eigenvalue weighted by molar-refractivity contribution is 0.322. The minimum atomic E-state index is 0. The quantitative estimate of drug-likeness (QED) is 0.291. The molecule has 0 aliphatic rings. The molecule has 0 aliphatic carbocycles. The van der Waals surface area contributed by atoms with Crippen LogP contribution in [0, 0.1) is 13.8 Å². The topological polar surface area (TPSA) is 63.5 Å². The van der Waals surface area contributed by atoms with Crippen molar-refractivity contribution >= 4 is 41.5 Å². The Labute approximate surface area is 171 Å². The number of rotatable bonds is 6. The molecular weight excluding hydrogens is 453 g/mol. The average molecular weight is 478 g/mol. The van der Waals surface area contributed by atoms with Gasteiger partial charge in [-0.2, -0.15) is 5.10 Å². The van der Waals surface area contributed by atoms with Crippen LogP contribution in [0.3, 0.4) is 0 Å². The third kappa shape index (κ3) is 6.39. The number of hydrogen-bond donors (Lipinski definition) is 2. The Morgan fingerprint density at radius 2 is 1.92 bits per heavy atom. The standard InChI is InChI=1S/C17H24ClN5O.HI/c1-12-16(13(2)23(4)22-12)11-21-17(19-3)20-9-10-24-15-7-5-14(18)6-8-15;/h5-8H,9-11H2,1-4H3,(H2,19,20,21);1H. The first-order valence-electron chi connectivity index (χ1n) is 7.83. The van der Waals surface area contributed by atoms with Crippen LogP contribution in [0.5, 0.6) is 5.75 Å². The van der Waals surface area contributed by atoms with Gasteiger partial charge in [-0.1, -0.05) is 11.6 Å². The smallest absolute Gasteiger partial charge is 0.191 e. The van der Waals surface area contributed by atoms with E-state index in [1.54, 1.807) is 7.05 Å². The fraction of sp³-hybridized carbons (Fsp3) is 0.412. The van der Waals surface area contributed by atoms with Crippen molar-refractivity contribution in [1.82, 2.24) is 20.4 Å². The molecule has 8 heteroatoms. The highest BCUT2D eigenvalue weighted by Crippen LogP contribution is 2.15. The maximum absolute atomic E-state index is 5.84. The molecule has 1 aromatic heterocycles. The van der Waals surface area contributed by atoms with Crippen LogP contribution in [0.15, 0.2) is 29.3 Å². The molecule has 0 radical (unpaired) electrons. The van der Waals surface area contributed by atoms with E-state index in [4.69, 9.17) is 16.3 Å². The van der Waals surface area contributed by atoms with Gasteiger partial charge in [0.2, 0.25) is 0 Å². The van der Waals surface area contributed by atoms with Crippen molar-refractivity contribution in [2.24, 2.45) is 12.0 Å². The van der Waals surface area contributed by atoms with E-state index in [1.807, 2.05) is 42.9 Å². The molecule has 0 atom stereocenters. The summed E-state index contributed by atoms with van der Waals surface area (Å²) >= 11 is 5.84. The number of guanidine groups is 1. The lowest BCUT2D eigenvalue weighted by Gasteiger charge is -2.13. The minimum Gasteiger partial charge on any atom is -0.492 e. The van der Waals surface area contributed by atoms with Crippen LogP contribution in [0.25, 0.3) is 0 Å². The molecule has 0 spiro atoms. The van der Waals surface area contributed by atoms with E-state index in [2.05, 4.69) is 27.6 Å². The summed E-state index contributed by atoms with van der Waals surface area (Å²) in [5, 5.41) is 11.6. The lowest BCUT2D eigenvalue weighted by Crippen LogP contribution is -2.39. The number of hydrogen-bond acceptors (Lipinski definition) is 3. The molecular formula is C17H25ClIN5O. The molecule has 25 heavy (non-hydrogen) atoms. The molecule has 6 nitrogen and oxygen atoms in total. The first-order valence-corrected chi connectivity index (χ1v) is 8.21. The van der Waals surface area contributed by atoms with Crippen LogP contribution in [0.4, 0.5) is 0 Å². The molecule has 0 amide bonds. The molecule has 0 aliphatic heterocycles. The number of halogens is 2. The predicted molar refractivity (Wildman–Crippen MR) is 113 cm³/mol. The van der Waals surface area contributed by atoms with Crippen molar-refractivity contribution in [3.05, 3.63) is 46.2 Å². The molecule has 0 saturated carbocycles. The second-order valence-corrected chi connectivity index (χ2v) is 5.86. The molecule has 1 aromatic carbocycles. The van der Waals surface area contributed by atoms with Crippen LogP contribution < -0.4 is 15.4 Å². The van der Waals surface area contributed by atoms with E-state index >= 15 is 0 Å². The van der Waals surface area contributed by atoms with Gasteiger partial charge in [-0.25, -0.2) is 0 Å². The van der Waals surface area contributed by atoms with E-state index in [-0.39, 0.29) is 24.0 Å². The summed E-state index contributed by atoms with van der Waals surface area (Å²) in [5.41, 5.74) is 3.38. The summed E-state index contributed by atoms with van der Waals surface area (Å²) in [6.45, 7) is 5.94. The fourth-order valence-corrected chi connectivity index (χ4v) is 2.46. The summed E-state index contributed by atoms with van der Waals surface area (Å²) in [4.78, 5) is 4.22. The van der Waals surface area contributed by atoms with E-state index in [0.29, 0.717) is 24.7 Å². The van der Waals surface area contributed by atoms with Gasteiger partial charge >= 0.3 is 0 Å². The first kappa shape index (κ1) is 21.6. The van der Waals surface area contributed by atoms with Gasteiger partial charge in [-0.3, -0.25) is 9.67 Å². The van der Waals surface area contributed by atoms with Crippen molar-refractivity contribution < 1.29 is 4.74 Å². The fourth-order valence-electron chi connectivity index (χ4n) is 2.34. The summed E-state index contributed by atoms with van der Waals surface area (Å²) < 4.78 is 7.53. The second kappa shape index (κ2) is 10.5. The SMILES string of the molecule is CN=C(NCCOc1ccc(Cl)cc1)NCc1c(C)nn(C)c1C.I. The number of aryl methyl sites for hydroxylation is 2. The number of benzene rings is 1. The Kier molecular flexibility index (Phi) is 9.05. The Morgan fingerprint density at radius 3 is 2.48 bits per heavy atom. The van der Waals surface area contributed by atoms with Crippen molar-refractivity contribution in [2.75, 3.05) is 20.2 Å². The van der Waals surface area contributed by atoms with Crippen molar-refractivity contribution in [1.29, 1.82) is 0 Å². The minimum absolute atomic E-state index is 0. The van der Waals surface area contributed by atoms with Gasteiger partial charge in [-0.05, 0) is 38.1 Å². The van der Waals surface area contributed by atoms with E-state index < -0.39 is 0 Å². The van der Waals surface area contributed by atoms with Crippen LogP contribution in [0.1, 0.15) is 17.0 Å². The Morgan fingerprint density at radius 1 is 1.24 bits per heavy atom. The molecule has 138 valence electrons. The average Bonchev–Trinajstić information content (AvgIpc) is 2.81. The van der Waals surface area contributed by atoms with Gasteiger partial charge in [0.25, 0.3) is 0 Å². The highest BCUT2D eigenvalue weighted by molar-refractivity contribution is 14.0. The maximum Gasteiger partial charge on any atom is 0.191 e. The summed E-state index contributed by atoms with van der Waals surface area (Å²) in [6, 6.07) is 7.32. The van der Waals surface area contributed by atoms with Crippen LogP contribution in [0.2, 0.25) is 5.02 Å². The molecule has 1 heterocycles. The number of aromatic nitrogens is 2. The summed E-state index contributed by atoms with van der Waals surface area (Å²) in [6.07, 6.45) is 0. The zero-order chi connectivity index (χ0) is 17.5. The molecule has 2 aromatic rings. The van der Waals surface area contributed by atoms with Crippen LogP contribution in [-0.2, 0) is 13.6 Å². The van der Waals surface area contributed by atoms with E-state index in [1.165, 1.54) is 5.56 Å². The van der Waals surface area contributed by atoms with Gasteiger partial charge in [-0.15, -0.1) is 24.0 Å². The number of ether oxygens (including phenoxy) is 1. The molecule has 0 unspecified atom stereocenters. The monoisotopic (exact) mass is 477 g/mol. The number of aliphatic imine (C=N–C) groups is 1. The lowest BCUT2D eigenvalue weighted by atomic mass is 10.2. The van der Waals surface area contributed by atoms with Gasteiger partial charge in [0, 0.05) is 36.9 Å². The largest absolute Gasteiger partial charge is 0.492 e. The van der Waals surface area contributed by atoms with Gasteiger partial charge in [0.15, 0.2) is 5.96 Å². The summed E-state index contributed by atoms with van der Waals surface area (Å²) in [5.74, 6) is 1.53. The molecule has 0 fully saturated rings. The Bertz CT molecular complexity index is 700. The van der Waals surface area contributed by atoms with Crippen molar-refractivity contribution in [2.45, 2.75) is 20.4 Å². The molecule has 0 bridgehead atoms. The Balaban J connectivity index is 0.00000312. The van der Waals surface area contributed by atoms with Gasteiger partial charge < -0.3 is 15.4 Å². The first-order chi connectivity index (χ1) is 11.5. The normalized spacial score (nSPS) is 11.0. The maximum atomic E-state index is 5.84. The highest BCUT2D eigenvalue weighted by atomic mass is 127. The zero-order valence-corrected chi connectivity index (χ0v) is 18.1. The van der Waals surface area contributed by atoms with E-state index in [0.717, 1.165) is 23.1 Å². The number of nitrogens with zero attached hydrogens (tertiary/aromatic N) is 3. The second-order valence-electron chi connectivity index (χ2n) is 5.43. The summed E-state index contributed by atoms with van der Waals surface area (Å²) in [7, 11) is 3.70. The highest BCUT2D eigenvalue weighted by Gasteiger charge is 2.09. The zero-order valence-electron chi connectivity index (χ0n) is 15.0. The van der Waals surface area contributed by atoms with E-state index in [9.17, 15) is 0 Å². The van der Waals surface area contributed by atoms with Gasteiger partial charge in [0.05, 0.1) is 12.2 Å². The van der Waals surface area contributed by atoms with Crippen LogP contribution >= 0.6 is 35.6 Å². The van der Waals surface area contributed by atoms with Crippen molar-refractivity contribution in [3.8, 4) is 5.75 Å². The molecule has 0 saturated heterocycles. The third-order valence-electron chi connectivity index (χ3n) is 3.79. The molecule has 2 rings (SSSR count). The number of nitrogens with one attached hydrogen (secondary N) is 2.